The van der Waals surface area contributed by atoms with Gasteiger partial charge in [-0.1, -0.05) is 23.7 Å². The number of ketones is 1. The quantitative estimate of drug-likeness (QED) is 0.683. The van der Waals surface area contributed by atoms with Crippen LogP contribution >= 0.6 is 11.6 Å². The van der Waals surface area contributed by atoms with Crippen molar-refractivity contribution in [2.24, 2.45) is 0 Å². The van der Waals surface area contributed by atoms with E-state index < -0.39 is 0 Å². The highest BCUT2D eigenvalue weighted by Crippen LogP contribution is 2.36. The molecule has 21 heavy (non-hydrogen) atoms. The third-order valence-electron chi connectivity index (χ3n) is 3.42. The number of anilines is 1. The zero-order valence-electron chi connectivity index (χ0n) is 11.5. The molecule has 0 spiro atoms. The Balaban J connectivity index is 2.03. The van der Waals surface area contributed by atoms with Gasteiger partial charge in [0.15, 0.2) is 17.3 Å². The molecule has 0 atom stereocenters. The van der Waals surface area contributed by atoms with Gasteiger partial charge in [0, 0.05) is 22.9 Å². The fourth-order valence-electron chi connectivity index (χ4n) is 2.18. The summed E-state index contributed by atoms with van der Waals surface area (Å²) in [5.41, 5.74) is 8.24. The van der Waals surface area contributed by atoms with Crippen molar-refractivity contribution in [1.82, 2.24) is 0 Å². The number of nitrogens with two attached hydrogens (primary N) is 1. The minimum Gasteiger partial charge on any atom is -0.486 e. The van der Waals surface area contributed by atoms with E-state index in [9.17, 15) is 4.79 Å². The monoisotopic (exact) mass is 303 g/mol. The second-order valence-electron chi connectivity index (χ2n) is 4.88. The molecule has 0 saturated heterocycles. The molecule has 0 aromatic heterocycles. The summed E-state index contributed by atoms with van der Waals surface area (Å²) >= 11 is 6.19. The summed E-state index contributed by atoms with van der Waals surface area (Å²) in [5.74, 6) is 0.906. The molecule has 0 saturated carbocycles. The van der Waals surface area contributed by atoms with Crippen molar-refractivity contribution in [1.29, 1.82) is 0 Å². The first kappa shape index (κ1) is 13.8. The van der Waals surface area contributed by atoms with Crippen molar-refractivity contribution in [2.75, 3.05) is 18.9 Å². The van der Waals surface area contributed by atoms with Gasteiger partial charge in [-0.3, -0.25) is 4.79 Å². The van der Waals surface area contributed by atoms with Gasteiger partial charge in [-0.2, -0.15) is 0 Å². The van der Waals surface area contributed by atoms with E-state index in [0.29, 0.717) is 46.5 Å². The highest BCUT2D eigenvalue weighted by molar-refractivity contribution is 6.35. The van der Waals surface area contributed by atoms with Crippen LogP contribution in [0.3, 0.4) is 0 Å². The maximum absolute atomic E-state index is 12.6. The Morgan fingerprint density at radius 2 is 1.81 bits per heavy atom. The SMILES string of the molecule is Cc1ccc(C(=O)c2cc3c(cc2Cl)OCCO3)cc1N. The Morgan fingerprint density at radius 3 is 2.48 bits per heavy atom. The van der Waals surface area contributed by atoms with E-state index in [4.69, 9.17) is 26.8 Å². The summed E-state index contributed by atoms with van der Waals surface area (Å²) < 4.78 is 10.9. The van der Waals surface area contributed by atoms with Crippen molar-refractivity contribution in [3.05, 3.63) is 52.0 Å². The minimum atomic E-state index is -0.191. The molecule has 4 nitrogen and oxygen atoms in total. The number of hydrogen-bond donors (Lipinski definition) is 1. The zero-order valence-corrected chi connectivity index (χ0v) is 12.2. The van der Waals surface area contributed by atoms with Gasteiger partial charge in [0.2, 0.25) is 0 Å². The van der Waals surface area contributed by atoms with E-state index in [0.717, 1.165) is 5.56 Å². The average molecular weight is 304 g/mol. The van der Waals surface area contributed by atoms with Crippen LogP contribution in [-0.4, -0.2) is 19.0 Å². The lowest BCUT2D eigenvalue weighted by molar-refractivity contribution is 0.103. The summed E-state index contributed by atoms with van der Waals surface area (Å²) in [6.45, 7) is 2.82. The van der Waals surface area contributed by atoms with Crippen LogP contribution in [0.1, 0.15) is 21.5 Å². The minimum absolute atomic E-state index is 0.191. The largest absolute Gasteiger partial charge is 0.486 e. The predicted molar refractivity (Wildman–Crippen MR) is 81.5 cm³/mol. The first-order valence-electron chi connectivity index (χ1n) is 6.56. The third-order valence-corrected chi connectivity index (χ3v) is 3.73. The lowest BCUT2D eigenvalue weighted by Gasteiger charge is -2.19. The van der Waals surface area contributed by atoms with Gasteiger partial charge >= 0.3 is 0 Å². The molecule has 2 aromatic rings. The van der Waals surface area contributed by atoms with Gasteiger partial charge in [0.1, 0.15) is 13.2 Å². The number of hydrogen-bond acceptors (Lipinski definition) is 4. The number of rotatable bonds is 2. The molecule has 0 fully saturated rings. The summed E-state index contributed by atoms with van der Waals surface area (Å²) in [5, 5.41) is 0.336. The normalized spacial score (nSPS) is 13.0. The summed E-state index contributed by atoms with van der Waals surface area (Å²) in [6.07, 6.45) is 0. The Labute approximate surface area is 127 Å². The van der Waals surface area contributed by atoms with Gasteiger partial charge in [-0.25, -0.2) is 0 Å². The van der Waals surface area contributed by atoms with Gasteiger partial charge < -0.3 is 15.2 Å². The number of ether oxygens (including phenoxy) is 2. The molecular weight excluding hydrogens is 290 g/mol. The van der Waals surface area contributed by atoms with Crippen molar-refractivity contribution in [3.8, 4) is 11.5 Å². The van der Waals surface area contributed by atoms with E-state index >= 15 is 0 Å². The van der Waals surface area contributed by atoms with Crippen molar-refractivity contribution < 1.29 is 14.3 Å². The number of benzene rings is 2. The summed E-state index contributed by atoms with van der Waals surface area (Å²) in [4.78, 5) is 12.6. The Hall–Kier alpha value is -2.20. The van der Waals surface area contributed by atoms with Crippen LogP contribution in [0.15, 0.2) is 30.3 Å². The fraction of sp³-hybridized carbons (Fsp3) is 0.188. The molecule has 0 radical (unpaired) electrons. The van der Waals surface area contributed by atoms with Crippen molar-refractivity contribution in [3.63, 3.8) is 0 Å². The van der Waals surface area contributed by atoms with E-state index in [1.54, 1.807) is 24.3 Å². The maximum atomic E-state index is 12.6. The number of aryl methyl sites for hydroxylation is 1. The number of fused-ring (bicyclic) bond motifs is 1. The topological polar surface area (TPSA) is 61.5 Å². The van der Waals surface area contributed by atoms with Crippen LogP contribution in [0, 0.1) is 6.92 Å². The molecule has 0 unspecified atom stereocenters. The van der Waals surface area contributed by atoms with Gasteiger partial charge in [-0.05, 0) is 24.6 Å². The Kier molecular flexibility index (Phi) is 3.47. The molecule has 1 aliphatic heterocycles. The van der Waals surface area contributed by atoms with Crippen LogP contribution in [0.2, 0.25) is 5.02 Å². The molecule has 2 N–H and O–H groups in total. The van der Waals surface area contributed by atoms with E-state index in [-0.39, 0.29) is 5.78 Å². The Bertz CT molecular complexity index is 728. The number of halogens is 1. The Morgan fingerprint density at radius 1 is 1.14 bits per heavy atom. The van der Waals surface area contributed by atoms with E-state index in [1.165, 1.54) is 0 Å². The average Bonchev–Trinajstić information content (AvgIpc) is 2.48. The standard InChI is InChI=1S/C16H14ClNO3/c1-9-2-3-10(6-13(9)18)16(19)11-7-14-15(8-12(11)17)21-5-4-20-14/h2-3,6-8H,4-5,18H2,1H3. The van der Waals surface area contributed by atoms with Gasteiger partial charge in [0.25, 0.3) is 0 Å². The molecule has 3 rings (SSSR count). The van der Waals surface area contributed by atoms with Crippen molar-refractivity contribution in [2.45, 2.75) is 6.92 Å². The summed E-state index contributed by atoms with van der Waals surface area (Å²) in [7, 11) is 0. The lowest BCUT2D eigenvalue weighted by Crippen LogP contribution is -2.16. The first-order valence-corrected chi connectivity index (χ1v) is 6.94. The molecule has 0 amide bonds. The van der Waals surface area contributed by atoms with Crippen LogP contribution in [0.4, 0.5) is 5.69 Å². The second-order valence-corrected chi connectivity index (χ2v) is 5.28. The number of carbonyl (C=O) groups is 1. The van der Waals surface area contributed by atoms with Gasteiger partial charge in [0.05, 0.1) is 5.02 Å². The van der Waals surface area contributed by atoms with Crippen LogP contribution in [0.25, 0.3) is 0 Å². The number of carbonyl (C=O) groups excluding carboxylic acids is 1. The lowest BCUT2D eigenvalue weighted by atomic mass is 10.0. The molecule has 108 valence electrons. The number of nitrogen functional groups attached to an aromatic ring is 1. The summed E-state index contributed by atoms with van der Waals surface area (Å²) in [6, 6.07) is 8.44. The molecule has 0 bridgehead atoms. The van der Waals surface area contributed by atoms with E-state index in [1.807, 2.05) is 13.0 Å². The molecule has 0 aliphatic carbocycles. The maximum Gasteiger partial charge on any atom is 0.194 e. The van der Waals surface area contributed by atoms with Crippen molar-refractivity contribution >= 4 is 23.1 Å². The van der Waals surface area contributed by atoms with Crippen LogP contribution < -0.4 is 15.2 Å². The van der Waals surface area contributed by atoms with Crippen LogP contribution in [-0.2, 0) is 0 Å². The van der Waals surface area contributed by atoms with Gasteiger partial charge in [-0.15, -0.1) is 0 Å². The molecule has 1 heterocycles. The van der Waals surface area contributed by atoms with Crippen LogP contribution in [0.5, 0.6) is 11.5 Å². The predicted octanol–water partition coefficient (Wildman–Crippen LogP) is 3.23. The molecular formula is C16H14ClNO3. The zero-order chi connectivity index (χ0) is 15.0. The smallest absolute Gasteiger partial charge is 0.194 e. The molecule has 5 heteroatoms. The third kappa shape index (κ3) is 2.54. The molecule has 2 aromatic carbocycles. The highest BCUT2D eigenvalue weighted by Gasteiger charge is 2.20. The molecule has 1 aliphatic rings. The van der Waals surface area contributed by atoms with E-state index in [2.05, 4.69) is 0 Å². The highest BCUT2D eigenvalue weighted by atomic mass is 35.5. The second kappa shape index (κ2) is 5.30. The fourth-order valence-corrected chi connectivity index (χ4v) is 2.41. The first-order chi connectivity index (χ1) is 10.1.